The summed E-state index contributed by atoms with van der Waals surface area (Å²) in [6, 6.07) is 4.87. The van der Waals surface area contributed by atoms with Gasteiger partial charge in [0.15, 0.2) is 5.92 Å². The lowest BCUT2D eigenvalue weighted by molar-refractivity contribution is -0.151. The van der Waals surface area contributed by atoms with Crippen LogP contribution in [-0.2, 0) is 14.4 Å². The Bertz CT molecular complexity index is 1030. The van der Waals surface area contributed by atoms with Crippen molar-refractivity contribution in [2.24, 2.45) is 5.92 Å². The van der Waals surface area contributed by atoms with Crippen LogP contribution in [0.25, 0.3) is 11.3 Å². The molecular weight excluding hydrogens is 423 g/mol. The Labute approximate surface area is 174 Å². The first-order chi connectivity index (χ1) is 13.6. The van der Waals surface area contributed by atoms with Crippen LogP contribution in [0.5, 0.6) is 5.75 Å². The average molecular weight is 437 g/mol. The van der Waals surface area contributed by atoms with Crippen LogP contribution in [0.1, 0.15) is 0 Å². The van der Waals surface area contributed by atoms with E-state index in [0.717, 1.165) is 0 Å². The number of halogens is 2. The molecule has 5 amide bonds. The number of barbiturate groups is 1. The fraction of sp³-hybridized carbons (Fsp3) is 0.167. The molecule has 1 aromatic carbocycles. The summed E-state index contributed by atoms with van der Waals surface area (Å²) in [5.74, 6) is -4.96. The van der Waals surface area contributed by atoms with E-state index < -0.39 is 29.7 Å². The summed E-state index contributed by atoms with van der Waals surface area (Å²) in [5.41, 5.74) is 0.785. The van der Waals surface area contributed by atoms with Gasteiger partial charge in [-0.3, -0.25) is 29.2 Å². The molecule has 29 heavy (non-hydrogen) atoms. The highest BCUT2D eigenvalue weighted by atomic mass is 35.5. The molecule has 0 aliphatic carbocycles. The van der Waals surface area contributed by atoms with Gasteiger partial charge in [-0.05, 0) is 18.2 Å². The molecule has 1 fully saturated rings. The number of imide groups is 2. The van der Waals surface area contributed by atoms with E-state index >= 15 is 0 Å². The Morgan fingerprint density at radius 3 is 2.28 bits per heavy atom. The van der Waals surface area contributed by atoms with Crippen molar-refractivity contribution in [3.05, 3.63) is 40.5 Å². The van der Waals surface area contributed by atoms with Gasteiger partial charge < -0.3 is 10.4 Å². The number of urea groups is 1. The molecule has 2 heterocycles. The van der Waals surface area contributed by atoms with Crippen molar-refractivity contribution in [1.29, 1.82) is 0 Å². The zero-order valence-corrected chi connectivity index (χ0v) is 16.7. The first kappa shape index (κ1) is 20.6. The largest absolute Gasteiger partial charge is 0.506 e. The monoisotopic (exact) mass is 436 g/mol. The number of benzene rings is 1. The second-order valence-electron chi connectivity index (χ2n) is 6.22. The lowest BCUT2D eigenvalue weighted by atomic mass is 10.0. The Balaban J connectivity index is 1.85. The lowest BCUT2D eigenvalue weighted by Gasteiger charge is -2.32. The predicted octanol–water partition coefficient (Wildman–Crippen LogP) is 2.37. The molecule has 0 atom stereocenters. The third kappa shape index (κ3) is 3.74. The van der Waals surface area contributed by atoms with E-state index in [4.69, 9.17) is 23.2 Å². The minimum absolute atomic E-state index is 0.0355. The third-order valence-corrected chi connectivity index (χ3v) is 4.82. The van der Waals surface area contributed by atoms with E-state index in [1.165, 1.54) is 44.6 Å². The highest BCUT2D eigenvalue weighted by Gasteiger charge is 2.46. The molecule has 1 saturated heterocycles. The van der Waals surface area contributed by atoms with Crippen LogP contribution in [0.2, 0.25) is 10.0 Å². The van der Waals surface area contributed by atoms with Crippen molar-refractivity contribution in [1.82, 2.24) is 14.8 Å². The number of anilines is 1. The molecular formula is C18H14Cl2N4O5. The van der Waals surface area contributed by atoms with Crippen molar-refractivity contribution in [3.63, 3.8) is 0 Å². The van der Waals surface area contributed by atoms with Gasteiger partial charge in [-0.1, -0.05) is 29.3 Å². The van der Waals surface area contributed by atoms with Gasteiger partial charge in [0.05, 0.1) is 21.4 Å². The topological polar surface area (TPSA) is 120 Å². The molecule has 0 spiro atoms. The number of pyridine rings is 1. The number of aromatic nitrogens is 1. The van der Waals surface area contributed by atoms with E-state index in [9.17, 15) is 24.3 Å². The predicted molar refractivity (Wildman–Crippen MR) is 104 cm³/mol. The van der Waals surface area contributed by atoms with Gasteiger partial charge in [-0.25, -0.2) is 4.79 Å². The number of hydrogen-bond donors (Lipinski definition) is 2. The average Bonchev–Trinajstić information content (AvgIpc) is 2.66. The summed E-state index contributed by atoms with van der Waals surface area (Å²) in [5, 5.41) is 13.2. The van der Waals surface area contributed by atoms with Crippen molar-refractivity contribution in [2.45, 2.75) is 0 Å². The molecule has 11 heteroatoms. The van der Waals surface area contributed by atoms with Crippen LogP contribution in [0, 0.1) is 5.92 Å². The van der Waals surface area contributed by atoms with E-state index in [1.807, 2.05) is 0 Å². The summed E-state index contributed by atoms with van der Waals surface area (Å²) in [6.45, 7) is 0. The number of nitrogens with zero attached hydrogens (tertiary/aromatic N) is 3. The minimum atomic E-state index is -1.74. The number of phenols is 1. The lowest BCUT2D eigenvalue weighted by Crippen LogP contribution is -2.59. The molecule has 9 nitrogen and oxygen atoms in total. The van der Waals surface area contributed by atoms with Gasteiger partial charge >= 0.3 is 6.03 Å². The van der Waals surface area contributed by atoms with Crippen LogP contribution in [0.15, 0.2) is 30.5 Å². The van der Waals surface area contributed by atoms with Gasteiger partial charge in [0.25, 0.3) is 11.8 Å². The molecule has 3 rings (SSSR count). The Hall–Kier alpha value is -3.17. The molecule has 1 aliphatic heterocycles. The number of rotatable bonds is 3. The molecule has 150 valence electrons. The fourth-order valence-electron chi connectivity index (χ4n) is 2.75. The summed E-state index contributed by atoms with van der Waals surface area (Å²) < 4.78 is 0. The molecule has 2 aromatic rings. The smallest absolute Gasteiger partial charge is 0.332 e. The van der Waals surface area contributed by atoms with Crippen molar-refractivity contribution in [3.8, 4) is 17.0 Å². The third-order valence-electron chi connectivity index (χ3n) is 4.33. The highest BCUT2D eigenvalue weighted by Crippen LogP contribution is 2.33. The first-order valence-corrected chi connectivity index (χ1v) is 8.91. The molecule has 0 unspecified atom stereocenters. The second-order valence-corrected chi connectivity index (χ2v) is 7.06. The summed E-state index contributed by atoms with van der Waals surface area (Å²) in [7, 11) is 2.34. The molecule has 1 aliphatic rings. The van der Waals surface area contributed by atoms with Crippen molar-refractivity contribution in [2.75, 3.05) is 19.4 Å². The quantitative estimate of drug-likeness (QED) is 0.562. The number of amides is 5. The Kier molecular flexibility index (Phi) is 5.45. The summed E-state index contributed by atoms with van der Waals surface area (Å²) in [4.78, 5) is 54.2. The van der Waals surface area contributed by atoms with E-state index in [1.54, 1.807) is 0 Å². The fourth-order valence-corrected chi connectivity index (χ4v) is 3.24. The van der Waals surface area contributed by atoms with Crippen LogP contribution in [-0.4, -0.2) is 57.7 Å². The Morgan fingerprint density at radius 2 is 1.72 bits per heavy atom. The van der Waals surface area contributed by atoms with Gasteiger partial charge in [0.1, 0.15) is 5.75 Å². The number of phenolic OH excluding ortho intramolecular Hbond substituents is 1. The van der Waals surface area contributed by atoms with Gasteiger partial charge in [-0.15, -0.1) is 0 Å². The maximum atomic E-state index is 12.5. The molecule has 0 bridgehead atoms. The number of carbonyl (C=O) groups is 4. The van der Waals surface area contributed by atoms with Crippen LogP contribution in [0.4, 0.5) is 10.5 Å². The Morgan fingerprint density at radius 1 is 1.10 bits per heavy atom. The number of carbonyl (C=O) groups excluding carboxylic acids is 4. The maximum Gasteiger partial charge on any atom is 0.332 e. The van der Waals surface area contributed by atoms with Crippen LogP contribution in [0.3, 0.4) is 0 Å². The first-order valence-electron chi connectivity index (χ1n) is 8.16. The summed E-state index contributed by atoms with van der Waals surface area (Å²) >= 11 is 11.9. The van der Waals surface area contributed by atoms with Crippen LogP contribution >= 0.6 is 23.2 Å². The normalized spacial score (nSPS) is 15.1. The van der Waals surface area contributed by atoms with Gasteiger partial charge in [0.2, 0.25) is 5.91 Å². The highest BCUT2D eigenvalue weighted by molar-refractivity contribution is 6.36. The SMILES string of the molecule is CN1C(=O)C(C(=O)Nc2ccc(-c3ncc(Cl)cc3Cl)cc2O)C(=O)N(C)C1=O. The zero-order valence-electron chi connectivity index (χ0n) is 15.1. The standard InChI is InChI=1S/C18H14Cl2N4O5/c1-23-16(27)13(17(28)24(2)18(23)29)15(26)22-11-4-3-8(5-12(11)25)14-10(20)6-9(19)7-21-14/h3-7,13,25H,1-2H3,(H,22,26). The van der Waals surface area contributed by atoms with Gasteiger partial charge in [-0.2, -0.15) is 0 Å². The molecule has 0 saturated carbocycles. The second kappa shape index (κ2) is 7.69. The van der Waals surface area contributed by atoms with Crippen molar-refractivity contribution < 1.29 is 24.3 Å². The van der Waals surface area contributed by atoms with E-state index in [0.29, 0.717) is 26.1 Å². The minimum Gasteiger partial charge on any atom is -0.506 e. The number of nitrogens with one attached hydrogen (secondary N) is 1. The molecule has 0 radical (unpaired) electrons. The summed E-state index contributed by atoms with van der Waals surface area (Å²) in [6.07, 6.45) is 1.39. The zero-order chi connectivity index (χ0) is 21.5. The van der Waals surface area contributed by atoms with Gasteiger partial charge in [0, 0.05) is 25.9 Å². The molecule has 2 N–H and O–H groups in total. The van der Waals surface area contributed by atoms with Crippen LogP contribution < -0.4 is 5.32 Å². The van der Waals surface area contributed by atoms with Crippen molar-refractivity contribution >= 4 is 52.6 Å². The molecule has 1 aromatic heterocycles. The van der Waals surface area contributed by atoms with E-state index in [2.05, 4.69) is 10.3 Å². The number of aromatic hydroxyl groups is 1. The maximum absolute atomic E-state index is 12.5. The number of hydrogen-bond acceptors (Lipinski definition) is 6. The van der Waals surface area contributed by atoms with E-state index in [-0.39, 0.29) is 16.5 Å².